The van der Waals surface area contributed by atoms with Crippen LogP contribution in [0.1, 0.15) is 23.6 Å². The van der Waals surface area contributed by atoms with Gasteiger partial charge in [0.15, 0.2) is 0 Å². The Morgan fingerprint density at radius 2 is 2.20 bits per heavy atom. The summed E-state index contributed by atoms with van der Waals surface area (Å²) in [5.74, 6) is -2.52. The number of carbonyl (C=O) groups is 1. The molecule has 1 rings (SSSR count). The monoisotopic (exact) mass is 215 g/mol. The maximum atomic E-state index is 12.6. The number of hydrogen-bond acceptors (Lipinski definition) is 2. The zero-order valence-corrected chi connectivity index (χ0v) is 8.15. The van der Waals surface area contributed by atoms with Gasteiger partial charge in [0.1, 0.15) is 0 Å². The Labute approximate surface area is 85.8 Å². The van der Waals surface area contributed by atoms with E-state index >= 15 is 0 Å². The fourth-order valence-electron chi connectivity index (χ4n) is 1.24. The van der Waals surface area contributed by atoms with E-state index in [4.69, 9.17) is 5.11 Å². The summed E-state index contributed by atoms with van der Waals surface area (Å²) in [6, 6.07) is 3.08. The number of aromatic nitrogens is 1. The first kappa shape index (κ1) is 11.6. The fourth-order valence-corrected chi connectivity index (χ4v) is 1.24. The zero-order chi connectivity index (χ0) is 11.4. The molecule has 1 aromatic rings. The number of rotatable bonds is 4. The summed E-state index contributed by atoms with van der Waals surface area (Å²) in [5, 5.41) is 8.49. The summed E-state index contributed by atoms with van der Waals surface area (Å²) in [6.45, 7) is 1.73. The van der Waals surface area contributed by atoms with Crippen LogP contribution in [0.2, 0.25) is 0 Å². The van der Waals surface area contributed by atoms with Gasteiger partial charge in [-0.25, -0.2) is 8.78 Å². The number of alkyl halides is 2. The Balaban J connectivity index is 2.88. The van der Waals surface area contributed by atoms with Crippen LogP contribution < -0.4 is 0 Å². The van der Waals surface area contributed by atoms with Crippen LogP contribution in [0, 0.1) is 6.92 Å². The topological polar surface area (TPSA) is 50.2 Å². The number of nitrogens with zero attached hydrogens (tertiary/aromatic N) is 1. The van der Waals surface area contributed by atoms with Crippen LogP contribution in [0.3, 0.4) is 0 Å². The normalized spacial score (nSPS) is 12.8. The minimum atomic E-state index is -2.69. The molecule has 1 heterocycles. The Bertz CT molecular complexity index is 338. The van der Waals surface area contributed by atoms with Gasteiger partial charge in [-0.15, -0.1) is 0 Å². The molecule has 0 saturated heterocycles. The lowest BCUT2D eigenvalue weighted by Gasteiger charge is -2.13. The second-order valence-corrected chi connectivity index (χ2v) is 3.27. The number of aryl methyl sites for hydroxylation is 1. The lowest BCUT2D eigenvalue weighted by molar-refractivity contribution is -0.138. The highest BCUT2D eigenvalue weighted by atomic mass is 19.3. The molecule has 1 unspecified atom stereocenters. The van der Waals surface area contributed by atoms with Crippen molar-refractivity contribution < 1.29 is 18.7 Å². The number of carboxylic acid groups (broad SMARTS) is 1. The predicted molar refractivity (Wildman–Crippen MR) is 50.0 cm³/mol. The highest BCUT2D eigenvalue weighted by Gasteiger charge is 2.25. The molecule has 0 fully saturated rings. The lowest BCUT2D eigenvalue weighted by Crippen LogP contribution is -2.14. The standard InChI is InChI=1S/C10H11F2NO2/c1-6-2-3-7(5-13-6)8(10(11)12)4-9(14)15/h2-3,5,8,10H,4H2,1H3,(H,14,15). The third-order valence-corrected chi connectivity index (χ3v) is 2.06. The quantitative estimate of drug-likeness (QED) is 0.837. The highest BCUT2D eigenvalue weighted by Crippen LogP contribution is 2.26. The van der Waals surface area contributed by atoms with E-state index in [1.165, 1.54) is 12.3 Å². The molecule has 0 amide bonds. The predicted octanol–water partition coefficient (Wildman–Crippen LogP) is 2.21. The van der Waals surface area contributed by atoms with Gasteiger partial charge in [-0.1, -0.05) is 6.07 Å². The largest absolute Gasteiger partial charge is 0.481 e. The molecule has 1 atom stereocenters. The van der Waals surface area contributed by atoms with E-state index < -0.39 is 24.7 Å². The van der Waals surface area contributed by atoms with Crippen LogP contribution in [0.5, 0.6) is 0 Å². The first-order chi connectivity index (χ1) is 7.00. The van der Waals surface area contributed by atoms with Gasteiger partial charge in [0.05, 0.1) is 12.3 Å². The molecule has 0 radical (unpaired) electrons. The third kappa shape index (κ3) is 3.27. The number of pyridine rings is 1. The minimum Gasteiger partial charge on any atom is -0.481 e. The molecule has 15 heavy (non-hydrogen) atoms. The smallest absolute Gasteiger partial charge is 0.304 e. The van der Waals surface area contributed by atoms with Crippen LogP contribution >= 0.6 is 0 Å². The van der Waals surface area contributed by atoms with Crippen molar-refractivity contribution in [2.24, 2.45) is 0 Å². The van der Waals surface area contributed by atoms with Gasteiger partial charge in [0.25, 0.3) is 0 Å². The summed E-state index contributed by atoms with van der Waals surface area (Å²) in [5.41, 5.74) is 0.972. The molecule has 0 aliphatic heterocycles. The van der Waals surface area contributed by atoms with Gasteiger partial charge in [0, 0.05) is 11.9 Å². The van der Waals surface area contributed by atoms with E-state index in [2.05, 4.69) is 4.98 Å². The van der Waals surface area contributed by atoms with Crippen molar-refractivity contribution in [1.29, 1.82) is 0 Å². The van der Waals surface area contributed by atoms with Crippen LogP contribution in [-0.2, 0) is 4.79 Å². The lowest BCUT2D eigenvalue weighted by atomic mass is 9.98. The molecule has 0 spiro atoms. The Morgan fingerprint density at radius 3 is 2.60 bits per heavy atom. The summed E-state index contributed by atoms with van der Waals surface area (Å²) >= 11 is 0. The molecule has 0 aromatic carbocycles. The van der Waals surface area contributed by atoms with Gasteiger partial charge in [0.2, 0.25) is 6.43 Å². The van der Waals surface area contributed by atoms with Crippen LogP contribution in [0.15, 0.2) is 18.3 Å². The maximum absolute atomic E-state index is 12.6. The van der Waals surface area contributed by atoms with E-state index in [-0.39, 0.29) is 5.56 Å². The average molecular weight is 215 g/mol. The van der Waals surface area contributed by atoms with Gasteiger partial charge in [-0.05, 0) is 18.6 Å². The van der Waals surface area contributed by atoms with E-state index in [1.54, 1.807) is 13.0 Å². The molecule has 1 aromatic heterocycles. The highest BCUT2D eigenvalue weighted by molar-refractivity contribution is 5.68. The SMILES string of the molecule is Cc1ccc(C(CC(=O)O)C(F)F)cn1. The van der Waals surface area contributed by atoms with E-state index in [9.17, 15) is 13.6 Å². The van der Waals surface area contributed by atoms with Gasteiger partial charge in [-0.2, -0.15) is 0 Å². The van der Waals surface area contributed by atoms with Crippen molar-refractivity contribution in [1.82, 2.24) is 4.98 Å². The summed E-state index contributed by atoms with van der Waals surface area (Å²) < 4.78 is 25.1. The number of aliphatic carboxylic acids is 1. The first-order valence-electron chi connectivity index (χ1n) is 4.43. The van der Waals surface area contributed by atoms with Crippen molar-refractivity contribution in [3.8, 4) is 0 Å². The number of carboxylic acids is 1. The van der Waals surface area contributed by atoms with E-state index in [1.807, 2.05) is 0 Å². The maximum Gasteiger partial charge on any atom is 0.304 e. The second-order valence-electron chi connectivity index (χ2n) is 3.27. The number of halogens is 2. The van der Waals surface area contributed by atoms with Crippen molar-refractivity contribution in [3.05, 3.63) is 29.6 Å². The van der Waals surface area contributed by atoms with Crippen molar-refractivity contribution >= 4 is 5.97 Å². The number of hydrogen-bond donors (Lipinski definition) is 1. The van der Waals surface area contributed by atoms with Gasteiger partial charge in [-0.3, -0.25) is 9.78 Å². The minimum absolute atomic E-state index is 0.262. The molecular formula is C10H11F2NO2. The van der Waals surface area contributed by atoms with Crippen LogP contribution in [0.4, 0.5) is 8.78 Å². The van der Waals surface area contributed by atoms with Crippen LogP contribution in [0.25, 0.3) is 0 Å². The van der Waals surface area contributed by atoms with Gasteiger partial charge >= 0.3 is 5.97 Å². The fraction of sp³-hybridized carbons (Fsp3) is 0.400. The molecule has 0 saturated carbocycles. The molecule has 0 aliphatic carbocycles. The first-order valence-corrected chi connectivity index (χ1v) is 4.43. The molecule has 82 valence electrons. The third-order valence-electron chi connectivity index (χ3n) is 2.06. The van der Waals surface area contributed by atoms with E-state index in [0.717, 1.165) is 0 Å². The van der Waals surface area contributed by atoms with Crippen molar-refractivity contribution in [2.75, 3.05) is 0 Å². The molecule has 0 aliphatic rings. The zero-order valence-electron chi connectivity index (χ0n) is 8.15. The Kier molecular flexibility index (Phi) is 3.71. The van der Waals surface area contributed by atoms with E-state index in [0.29, 0.717) is 5.69 Å². The molecule has 1 N–H and O–H groups in total. The van der Waals surface area contributed by atoms with Crippen molar-refractivity contribution in [3.63, 3.8) is 0 Å². The Morgan fingerprint density at radius 1 is 1.53 bits per heavy atom. The van der Waals surface area contributed by atoms with Gasteiger partial charge < -0.3 is 5.11 Å². The molecule has 5 heteroatoms. The summed E-state index contributed by atoms with van der Waals surface area (Å²) in [6.07, 6.45) is -1.97. The molecule has 0 bridgehead atoms. The molecular weight excluding hydrogens is 204 g/mol. The Hall–Kier alpha value is -1.52. The molecule has 3 nitrogen and oxygen atoms in total. The summed E-state index contributed by atoms with van der Waals surface area (Å²) in [4.78, 5) is 14.3. The second kappa shape index (κ2) is 4.82. The van der Waals surface area contributed by atoms with Crippen molar-refractivity contribution in [2.45, 2.75) is 25.7 Å². The summed E-state index contributed by atoms with van der Waals surface area (Å²) in [7, 11) is 0. The average Bonchev–Trinajstić information content (AvgIpc) is 2.15. The van der Waals surface area contributed by atoms with Crippen LogP contribution in [-0.4, -0.2) is 22.5 Å².